The van der Waals surface area contributed by atoms with Crippen molar-refractivity contribution in [3.63, 3.8) is 0 Å². The lowest BCUT2D eigenvalue weighted by atomic mass is 10.2. The zero-order valence-electron chi connectivity index (χ0n) is 8.84. The van der Waals surface area contributed by atoms with Gasteiger partial charge in [0, 0.05) is 25.6 Å². The average Bonchev–Trinajstić information content (AvgIpc) is 2.00. The van der Waals surface area contributed by atoms with Crippen molar-refractivity contribution in [2.24, 2.45) is 5.73 Å². The van der Waals surface area contributed by atoms with Crippen LogP contribution in [0.4, 0.5) is 0 Å². The van der Waals surface area contributed by atoms with Crippen molar-refractivity contribution in [1.82, 2.24) is 10.2 Å². The van der Waals surface area contributed by atoms with Gasteiger partial charge in [0.2, 0.25) is 5.91 Å². The summed E-state index contributed by atoms with van der Waals surface area (Å²) in [5, 5.41) is 2.83. The van der Waals surface area contributed by atoms with E-state index in [4.69, 9.17) is 5.73 Å². The molecule has 1 amide bonds. The predicted octanol–water partition coefficient (Wildman–Crippen LogP) is -0.208. The third-order valence-corrected chi connectivity index (χ3v) is 1.71. The van der Waals surface area contributed by atoms with Crippen molar-refractivity contribution >= 4 is 5.91 Å². The summed E-state index contributed by atoms with van der Waals surface area (Å²) in [6.45, 7) is 3.50. The van der Waals surface area contributed by atoms with E-state index in [0.717, 1.165) is 13.0 Å². The Morgan fingerprint density at radius 2 is 2.15 bits per heavy atom. The van der Waals surface area contributed by atoms with Gasteiger partial charge in [-0.15, -0.1) is 0 Å². The Bertz CT molecular complexity index is 146. The lowest BCUT2D eigenvalue weighted by Gasteiger charge is -2.10. The number of nitrogens with zero attached hydrogens (tertiary/aromatic N) is 1. The van der Waals surface area contributed by atoms with E-state index < -0.39 is 0 Å². The number of carbonyl (C=O) groups is 1. The Labute approximate surface area is 80.5 Å². The van der Waals surface area contributed by atoms with Crippen LogP contribution < -0.4 is 11.1 Å². The van der Waals surface area contributed by atoms with Gasteiger partial charge in [0.15, 0.2) is 0 Å². The monoisotopic (exact) mass is 187 g/mol. The predicted molar refractivity (Wildman–Crippen MR) is 54.4 cm³/mol. The lowest BCUT2D eigenvalue weighted by Crippen LogP contribution is -2.32. The van der Waals surface area contributed by atoms with E-state index in [-0.39, 0.29) is 11.9 Å². The van der Waals surface area contributed by atoms with Gasteiger partial charge in [0.1, 0.15) is 0 Å². The van der Waals surface area contributed by atoms with Crippen molar-refractivity contribution in [3.8, 4) is 0 Å². The summed E-state index contributed by atoms with van der Waals surface area (Å²) in [6, 6.07) is 0.111. The fourth-order valence-corrected chi connectivity index (χ4v) is 0.866. The van der Waals surface area contributed by atoms with Crippen molar-refractivity contribution in [2.75, 3.05) is 27.2 Å². The third kappa shape index (κ3) is 9.30. The van der Waals surface area contributed by atoms with Crippen LogP contribution in [-0.2, 0) is 4.79 Å². The van der Waals surface area contributed by atoms with E-state index >= 15 is 0 Å². The first-order valence-electron chi connectivity index (χ1n) is 4.69. The van der Waals surface area contributed by atoms with E-state index in [0.29, 0.717) is 13.0 Å². The molecule has 0 saturated heterocycles. The highest BCUT2D eigenvalue weighted by atomic mass is 16.1. The minimum Gasteiger partial charge on any atom is -0.355 e. The standard InChI is InChI=1S/C9H21N3O/c1-8(10)4-5-9(13)11-6-7-12(2)3/h8H,4-7,10H2,1-3H3,(H,11,13). The summed E-state index contributed by atoms with van der Waals surface area (Å²) in [5.41, 5.74) is 5.53. The third-order valence-electron chi connectivity index (χ3n) is 1.71. The Hall–Kier alpha value is -0.610. The van der Waals surface area contributed by atoms with Crippen LogP contribution in [0.3, 0.4) is 0 Å². The average molecular weight is 187 g/mol. The molecule has 0 aromatic carbocycles. The molecule has 0 saturated carbocycles. The minimum absolute atomic E-state index is 0.0964. The SMILES string of the molecule is CC(N)CCC(=O)NCCN(C)C. The zero-order valence-corrected chi connectivity index (χ0v) is 8.84. The molecule has 3 N–H and O–H groups in total. The number of likely N-dealkylation sites (N-methyl/N-ethyl adjacent to an activating group) is 1. The van der Waals surface area contributed by atoms with Crippen LogP contribution in [0, 0.1) is 0 Å². The second-order valence-corrected chi connectivity index (χ2v) is 3.67. The van der Waals surface area contributed by atoms with Gasteiger partial charge in [-0.2, -0.15) is 0 Å². The van der Waals surface area contributed by atoms with Gasteiger partial charge in [-0.3, -0.25) is 4.79 Å². The fraction of sp³-hybridized carbons (Fsp3) is 0.889. The molecule has 1 atom stereocenters. The molecule has 1 unspecified atom stereocenters. The maximum absolute atomic E-state index is 11.1. The molecule has 0 aliphatic heterocycles. The van der Waals surface area contributed by atoms with Crippen LogP contribution in [-0.4, -0.2) is 44.0 Å². The summed E-state index contributed by atoms with van der Waals surface area (Å²) >= 11 is 0. The van der Waals surface area contributed by atoms with Crippen molar-refractivity contribution in [2.45, 2.75) is 25.8 Å². The number of carbonyl (C=O) groups excluding carboxylic acids is 1. The zero-order chi connectivity index (χ0) is 10.3. The fourth-order valence-electron chi connectivity index (χ4n) is 0.866. The molecule has 13 heavy (non-hydrogen) atoms. The van der Waals surface area contributed by atoms with Crippen LogP contribution in [0.5, 0.6) is 0 Å². The molecule has 0 spiro atoms. The Balaban J connectivity index is 3.30. The minimum atomic E-state index is 0.0964. The Morgan fingerprint density at radius 3 is 2.62 bits per heavy atom. The number of hydrogen-bond acceptors (Lipinski definition) is 3. The number of nitrogens with two attached hydrogens (primary N) is 1. The van der Waals surface area contributed by atoms with Crippen LogP contribution >= 0.6 is 0 Å². The molecule has 0 heterocycles. The molecule has 0 aromatic rings. The van der Waals surface area contributed by atoms with Crippen molar-refractivity contribution in [3.05, 3.63) is 0 Å². The molecule has 4 nitrogen and oxygen atoms in total. The largest absolute Gasteiger partial charge is 0.355 e. The van der Waals surface area contributed by atoms with Crippen molar-refractivity contribution in [1.29, 1.82) is 0 Å². The van der Waals surface area contributed by atoms with Crippen LogP contribution in [0.2, 0.25) is 0 Å². The normalized spacial score (nSPS) is 13.0. The van der Waals surface area contributed by atoms with Gasteiger partial charge < -0.3 is 16.0 Å². The smallest absolute Gasteiger partial charge is 0.220 e. The molecule has 0 rings (SSSR count). The van der Waals surface area contributed by atoms with Gasteiger partial charge >= 0.3 is 0 Å². The molecule has 0 aromatic heterocycles. The first-order chi connectivity index (χ1) is 6.02. The number of rotatable bonds is 6. The molecule has 0 fully saturated rings. The van der Waals surface area contributed by atoms with Gasteiger partial charge in [0.25, 0.3) is 0 Å². The highest BCUT2D eigenvalue weighted by molar-refractivity contribution is 5.75. The molecule has 0 aliphatic rings. The maximum atomic E-state index is 11.1. The van der Waals surface area contributed by atoms with E-state index in [9.17, 15) is 4.79 Å². The second-order valence-electron chi connectivity index (χ2n) is 3.67. The van der Waals surface area contributed by atoms with E-state index in [1.54, 1.807) is 0 Å². The van der Waals surface area contributed by atoms with Crippen LogP contribution in [0.1, 0.15) is 19.8 Å². The van der Waals surface area contributed by atoms with Crippen molar-refractivity contribution < 1.29 is 4.79 Å². The summed E-state index contributed by atoms with van der Waals surface area (Å²) in [6.07, 6.45) is 1.29. The van der Waals surface area contributed by atoms with Crippen LogP contribution in [0.15, 0.2) is 0 Å². The molecule has 0 aliphatic carbocycles. The molecular weight excluding hydrogens is 166 g/mol. The van der Waals surface area contributed by atoms with Gasteiger partial charge in [-0.25, -0.2) is 0 Å². The summed E-state index contributed by atoms with van der Waals surface area (Å²) in [5.74, 6) is 0.0964. The maximum Gasteiger partial charge on any atom is 0.220 e. The summed E-state index contributed by atoms with van der Waals surface area (Å²) < 4.78 is 0. The number of amides is 1. The highest BCUT2D eigenvalue weighted by Gasteiger charge is 2.02. The first-order valence-corrected chi connectivity index (χ1v) is 4.69. The van der Waals surface area contributed by atoms with Crippen LogP contribution in [0.25, 0.3) is 0 Å². The summed E-state index contributed by atoms with van der Waals surface area (Å²) in [4.78, 5) is 13.2. The van der Waals surface area contributed by atoms with E-state index in [1.807, 2.05) is 25.9 Å². The second kappa shape index (κ2) is 6.86. The van der Waals surface area contributed by atoms with E-state index in [1.165, 1.54) is 0 Å². The first kappa shape index (κ1) is 12.4. The highest BCUT2D eigenvalue weighted by Crippen LogP contribution is 1.92. The number of nitrogens with one attached hydrogen (secondary N) is 1. The summed E-state index contributed by atoms with van der Waals surface area (Å²) in [7, 11) is 3.96. The molecule has 0 radical (unpaired) electrons. The molecule has 4 heteroatoms. The molecular formula is C9H21N3O. The lowest BCUT2D eigenvalue weighted by molar-refractivity contribution is -0.121. The quantitative estimate of drug-likeness (QED) is 0.605. The topological polar surface area (TPSA) is 58.4 Å². The Kier molecular flexibility index (Phi) is 6.54. The van der Waals surface area contributed by atoms with E-state index in [2.05, 4.69) is 5.32 Å². The van der Waals surface area contributed by atoms with Gasteiger partial charge in [-0.1, -0.05) is 0 Å². The molecule has 0 bridgehead atoms. The Morgan fingerprint density at radius 1 is 1.54 bits per heavy atom. The van der Waals surface area contributed by atoms with Gasteiger partial charge in [0.05, 0.1) is 0 Å². The number of hydrogen-bond donors (Lipinski definition) is 2. The molecule has 78 valence electrons. The van der Waals surface area contributed by atoms with Gasteiger partial charge in [-0.05, 0) is 27.4 Å².